The van der Waals surface area contributed by atoms with Crippen LogP contribution in [0, 0.1) is 11.8 Å². The summed E-state index contributed by atoms with van der Waals surface area (Å²) in [7, 11) is 0. The molecule has 3 N–H and O–H groups in total. The van der Waals surface area contributed by atoms with Crippen molar-refractivity contribution in [3.63, 3.8) is 0 Å². The Kier molecular flexibility index (Phi) is 5.72. The van der Waals surface area contributed by atoms with Gasteiger partial charge in [0.1, 0.15) is 0 Å². The van der Waals surface area contributed by atoms with Crippen LogP contribution in [-0.2, 0) is 4.79 Å². The van der Waals surface area contributed by atoms with E-state index in [0.29, 0.717) is 19.0 Å². The van der Waals surface area contributed by atoms with Crippen LogP contribution in [0.15, 0.2) is 0 Å². The van der Waals surface area contributed by atoms with Crippen LogP contribution < -0.4 is 11.1 Å². The molecule has 0 fully saturated rings. The SMILES string of the molecule is CC(C)[C@@H](C)C(=O)NCCCN. The lowest BCUT2D eigenvalue weighted by Crippen LogP contribution is -2.33. The Hall–Kier alpha value is -0.570. The van der Waals surface area contributed by atoms with Crippen molar-refractivity contribution in [2.45, 2.75) is 27.2 Å². The van der Waals surface area contributed by atoms with Crippen LogP contribution in [-0.4, -0.2) is 19.0 Å². The number of carbonyl (C=O) groups is 1. The highest BCUT2D eigenvalue weighted by molar-refractivity contribution is 5.78. The van der Waals surface area contributed by atoms with E-state index in [1.54, 1.807) is 0 Å². The molecular formula is C9H20N2O. The van der Waals surface area contributed by atoms with Gasteiger partial charge in [0, 0.05) is 12.5 Å². The van der Waals surface area contributed by atoms with Crippen molar-refractivity contribution in [1.29, 1.82) is 0 Å². The van der Waals surface area contributed by atoms with E-state index < -0.39 is 0 Å². The number of amides is 1. The van der Waals surface area contributed by atoms with Gasteiger partial charge in [0.25, 0.3) is 0 Å². The van der Waals surface area contributed by atoms with E-state index >= 15 is 0 Å². The van der Waals surface area contributed by atoms with Gasteiger partial charge < -0.3 is 11.1 Å². The average Bonchev–Trinajstić information content (AvgIpc) is 2.03. The third kappa shape index (κ3) is 4.34. The fourth-order valence-electron chi connectivity index (χ4n) is 0.777. The van der Waals surface area contributed by atoms with Gasteiger partial charge >= 0.3 is 0 Å². The molecule has 1 atom stereocenters. The Morgan fingerprint density at radius 1 is 1.42 bits per heavy atom. The molecule has 0 aromatic heterocycles. The van der Waals surface area contributed by atoms with Crippen LogP contribution in [0.4, 0.5) is 0 Å². The molecule has 0 aliphatic heterocycles. The minimum absolute atomic E-state index is 0.0998. The van der Waals surface area contributed by atoms with Crippen LogP contribution in [0.5, 0.6) is 0 Å². The summed E-state index contributed by atoms with van der Waals surface area (Å²) in [6.07, 6.45) is 0.858. The third-order valence-electron chi connectivity index (χ3n) is 2.09. The number of nitrogens with two attached hydrogens (primary N) is 1. The molecule has 0 aromatic carbocycles. The Bertz CT molecular complexity index is 134. The highest BCUT2D eigenvalue weighted by Crippen LogP contribution is 2.08. The minimum Gasteiger partial charge on any atom is -0.356 e. The maximum atomic E-state index is 11.3. The molecule has 3 nitrogen and oxygen atoms in total. The van der Waals surface area contributed by atoms with Gasteiger partial charge in [-0.15, -0.1) is 0 Å². The summed E-state index contributed by atoms with van der Waals surface area (Å²) in [5.74, 6) is 0.643. The number of hydrogen-bond acceptors (Lipinski definition) is 2. The van der Waals surface area contributed by atoms with Crippen LogP contribution in [0.3, 0.4) is 0 Å². The van der Waals surface area contributed by atoms with E-state index in [-0.39, 0.29) is 11.8 Å². The van der Waals surface area contributed by atoms with Gasteiger partial charge in [-0.25, -0.2) is 0 Å². The molecule has 3 heteroatoms. The van der Waals surface area contributed by atoms with Gasteiger partial charge in [-0.3, -0.25) is 4.79 Å². The maximum Gasteiger partial charge on any atom is 0.223 e. The average molecular weight is 172 g/mol. The molecule has 0 aliphatic rings. The molecule has 0 saturated heterocycles. The molecule has 72 valence electrons. The van der Waals surface area contributed by atoms with E-state index in [4.69, 9.17) is 5.73 Å². The van der Waals surface area contributed by atoms with Crippen molar-refractivity contribution in [3.05, 3.63) is 0 Å². The molecule has 0 heterocycles. The molecule has 1 amide bonds. The Labute approximate surface area is 74.7 Å². The van der Waals surface area contributed by atoms with Gasteiger partial charge in [-0.1, -0.05) is 20.8 Å². The van der Waals surface area contributed by atoms with Gasteiger partial charge in [0.15, 0.2) is 0 Å². The van der Waals surface area contributed by atoms with Crippen molar-refractivity contribution in [2.75, 3.05) is 13.1 Å². The van der Waals surface area contributed by atoms with Crippen LogP contribution >= 0.6 is 0 Å². The Balaban J connectivity index is 3.57. The highest BCUT2D eigenvalue weighted by Gasteiger charge is 2.15. The normalized spacial score (nSPS) is 13.1. The maximum absolute atomic E-state index is 11.3. The summed E-state index contributed by atoms with van der Waals surface area (Å²) in [4.78, 5) is 11.3. The molecule has 0 aliphatic carbocycles. The molecule has 0 saturated carbocycles. The zero-order valence-electron chi connectivity index (χ0n) is 8.26. The van der Waals surface area contributed by atoms with Gasteiger partial charge in [-0.2, -0.15) is 0 Å². The first-order valence-corrected chi connectivity index (χ1v) is 4.57. The second-order valence-electron chi connectivity index (χ2n) is 3.47. The summed E-state index contributed by atoms with van der Waals surface area (Å²) in [6.45, 7) is 7.38. The zero-order valence-corrected chi connectivity index (χ0v) is 8.26. The van der Waals surface area contributed by atoms with E-state index in [1.165, 1.54) is 0 Å². The predicted octanol–water partition coefficient (Wildman–Crippen LogP) is 0.744. The quantitative estimate of drug-likeness (QED) is 0.601. The lowest BCUT2D eigenvalue weighted by atomic mass is 9.97. The first kappa shape index (κ1) is 11.4. The lowest BCUT2D eigenvalue weighted by Gasteiger charge is -2.14. The number of rotatable bonds is 5. The van der Waals surface area contributed by atoms with E-state index in [9.17, 15) is 4.79 Å². The molecule has 0 unspecified atom stereocenters. The van der Waals surface area contributed by atoms with Crippen LogP contribution in [0.2, 0.25) is 0 Å². The fraction of sp³-hybridized carbons (Fsp3) is 0.889. The van der Waals surface area contributed by atoms with E-state index in [1.807, 2.05) is 20.8 Å². The van der Waals surface area contributed by atoms with Crippen LogP contribution in [0.25, 0.3) is 0 Å². The van der Waals surface area contributed by atoms with Crippen molar-refractivity contribution in [1.82, 2.24) is 5.32 Å². The van der Waals surface area contributed by atoms with Gasteiger partial charge in [-0.05, 0) is 18.9 Å². The van der Waals surface area contributed by atoms with Gasteiger partial charge in [0.05, 0.1) is 0 Å². The lowest BCUT2D eigenvalue weighted by molar-refractivity contribution is -0.125. The predicted molar refractivity (Wildman–Crippen MR) is 50.7 cm³/mol. The van der Waals surface area contributed by atoms with Crippen molar-refractivity contribution in [2.24, 2.45) is 17.6 Å². The summed E-state index contributed by atoms with van der Waals surface area (Å²) in [5.41, 5.74) is 5.30. The summed E-state index contributed by atoms with van der Waals surface area (Å²) in [6, 6.07) is 0. The minimum atomic E-state index is 0.0998. The summed E-state index contributed by atoms with van der Waals surface area (Å²) in [5, 5.41) is 2.85. The summed E-state index contributed by atoms with van der Waals surface area (Å²) < 4.78 is 0. The molecule has 0 rings (SSSR count). The van der Waals surface area contributed by atoms with Gasteiger partial charge in [0.2, 0.25) is 5.91 Å². The second-order valence-corrected chi connectivity index (χ2v) is 3.47. The molecule has 0 radical (unpaired) electrons. The summed E-state index contributed by atoms with van der Waals surface area (Å²) >= 11 is 0. The highest BCUT2D eigenvalue weighted by atomic mass is 16.1. The molecule has 0 bridgehead atoms. The molecule has 12 heavy (non-hydrogen) atoms. The van der Waals surface area contributed by atoms with Crippen molar-refractivity contribution < 1.29 is 4.79 Å². The monoisotopic (exact) mass is 172 g/mol. The number of carbonyl (C=O) groups excluding carboxylic acids is 1. The zero-order chi connectivity index (χ0) is 9.56. The fourth-order valence-corrected chi connectivity index (χ4v) is 0.777. The van der Waals surface area contributed by atoms with Crippen molar-refractivity contribution >= 4 is 5.91 Å². The Morgan fingerprint density at radius 2 is 2.00 bits per heavy atom. The third-order valence-corrected chi connectivity index (χ3v) is 2.09. The largest absolute Gasteiger partial charge is 0.356 e. The first-order valence-electron chi connectivity index (χ1n) is 4.57. The Morgan fingerprint density at radius 3 is 2.42 bits per heavy atom. The van der Waals surface area contributed by atoms with E-state index in [2.05, 4.69) is 5.32 Å². The first-order chi connectivity index (χ1) is 5.59. The molecule has 0 aromatic rings. The topological polar surface area (TPSA) is 55.1 Å². The standard InChI is InChI=1S/C9H20N2O/c1-7(2)8(3)9(12)11-6-4-5-10/h7-8H,4-6,10H2,1-3H3,(H,11,12)/t8-/m1/s1. The second kappa shape index (κ2) is 6.00. The molecule has 0 spiro atoms. The van der Waals surface area contributed by atoms with Crippen LogP contribution in [0.1, 0.15) is 27.2 Å². The number of nitrogens with one attached hydrogen (secondary N) is 1. The van der Waals surface area contributed by atoms with E-state index in [0.717, 1.165) is 6.42 Å². The molecular weight excluding hydrogens is 152 g/mol. The number of hydrogen-bond donors (Lipinski definition) is 2. The van der Waals surface area contributed by atoms with Crippen molar-refractivity contribution in [3.8, 4) is 0 Å². The smallest absolute Gasteiger partial charge is 0.223 e.